The largest absolute Gasteiger partial charge is 0.359 e. The third-order valence-electron chi connectivity index (χ3n) is 5.93. The first-order valence-electron chi connectivity index (χ1n) is 10.3. The van der Waals surface area contributed by atoms with E-state index in [0.29, 0.717) is 0 Å². The highest BCUT2D eigenvalue weighted by molar-refractivity contribution is 6.30. The van der Waals surface area contributed by atoms with Gasteiger partial charge in [-0.15, -0.1) is 0 Å². The van der Waals surface area contributed by atoms with Crippen LogP contribution in [0.3, 0.4) is 0 Å². The van der Waals surface area contributed by atoms with Gasteiger partial charge < -0.3 is 5.32 Å². The number of likely N-dealkylation sites (tertiary alicyclic amines) is 1. The second-order valence-corrected chi connectivity index (χ2v) is 8.50. The van der Waals surface area contributed by atoms with Crippen LogP contribution in [0.5, 0.6) is 0 Å². The number of nitrogens with zero attached hydrogens (tertiary/aromatic N) is 2. The van der Waals surface area contributed by atoms with Crippen molar-refractivity contribution in [2.45, 2.75) is 19.4 Å². The van der Waals surface area contributed by atoms with Crippen LogP contribution in [0.15, 0.2) is 73.1 Å². The first kappa shape index (κ1) is 20.6. The van der Waals surface area contributed by atoms with Gasteiger partial charge in [0.15, 0.2) is 0 Å². The zero-order valence-corrected chi connectivity index (χ0v) is 17.9. The van der Waals surface area contributed by atoms with Crippen molar-refractivity contribution in [3.8, 4) is 11.1 Å². The minimum atomic E-state index is -0.414. The van der Waals surface area contributed by atoms with Crippen molar-refractivity contribution in [2.75, 3.05) is 20.1 Å². The van der Waals surface area contributed by atoms with Crippen LogP contribution in [-0.4, -0.2) is 35.9 Å². The smallest absolute Gasteiger partial charge is 0.227 e. The number of amides is 1. The number of carbonyl (C=O) groups excluding carboxylic acids is 1. The van der Waals surface area contributed by atoms with Crippen LogP contribution < -0.4 is 5.32 Å². The van der Waals surface area contributed by atoms with Gasteiger partial charge in [-0.05, 0) is 59.8 Å². The molecule has 4 nitrogen and oxygen atoms in total. The SMILES string of the molecule is CNC(=O)C1(Cc2ccc(-c3cccnc3)cc2)CCN(Cc2cccc(Cl)c2)C1. The molecule has 1 fully saturated rings. The summed E-state index contributed by atoms with van der Waals surface area (Å²) in [6, 6.07) is 20.4. The minimum Gasteiger partial charge on any atom is -0.359 e. The Kier molecular flexibility index (Phi) is 6.16. The molecule has 0 spiro atoms. The van der Waals surface area contributed by atoms with E-state index in [1.807, 2.05) is 30.5 Å². The van der Waals surface area contributed by atoms with Crippen LogP contribution >= 0.6 is 11.6 Å². The Labute approximate surface area is 182 Å². The van der Waals surface area contributed by atoms with E-state index in [2.05, 4.69) is 51.6 Å². The lowest BCUT2D eigenvalue weighted by atomic mass is 9.79. The van der Waals surface area contributed by atoms with Crippen LogP contribution in [-0.2, 0) is 17.8 Å². The highest BCUT2D eigenvalue weighted by Gasteiger charge is 2.44. The number of benzene rings is 2. The van der Waals surface area contributed by atoms with E-state index in [9.17, 15) is 4.79 Å². The number of carbonyl (C=O) groups is 1. The van der Waals surface area contributed by atoms with E-state index in [0.717, 1.165) is 48.6 Å². The normalized spacial score (nSPS) is 19.0. The molecule has 4 rings (SSSR count). The molecule has 1 unspecified atom stereocenters. The summed E-state index contributed by atoms with van der Waals surface area (Å²) in [5, 5.41) is 3.65. The third-order valence-corrected chi connectivity index (χ3v) is 6.16. The second-order valence-electron chi connectivity index (χ2n) is 8.07. The quantitative estimate of drug-likeness (QED) is 0.635. The fraction of sp³-hybridized carbons (Fsp3) is 0.280. The highest BCUT2D eigenvalue weighted by Crippen LogP contribution is 2.36. The molecule has 0 aliphatic carbocycles. The predicted molar refractivity (Wildman–Crippen MR) is 121 cm³/mol. The van der Waals surface area contributed by atoms with Gasteiger partial charge in [-0.1, -0.05) is 54.1 Å². The van der Waals surface area contributed by atoms with Gasteiger partial charge in [-0.2, -0.15) is 0 Å². The standard InChI is InChI=1S/C25H26ClN3O/c1-27-24(30)25(11-13-29(18-25)17-20-4-2-6-23(26)14-20)15-19-7-9-21(10-8-19)22-5-3-12-28-16-22/h2-10,12,14,16H,11,13,15,17-18H2,1H3,(H,27,30). The predicted octanol–water partition coefficient (Wildman–Crippen LogP) is 4.58. The molecule has 0 bridgehead atoms. The van der Waals surface area contributed by atoms with E-state index in [1.54, 1.807) is 13.2 Å². The molecule has 2 aromatic carbocycles. The molecule has 3 aromatic rings. The molecular weight excluding hydrogens is 394 g/mol. The zero-order chi connectivity index (χ0) is 21.0. The maximum atomic E-state index is 12.9. The summed E-state index contributed by atoms with van der Waals surface area (Å²) >= 11 is 6.14. The molecule has 1 aromatic heterocycles. The molecule has 30 heavy (non-hydrogen) atoms. The molecule has 1 N–H and O–H groups in total. The van der Waals surface area contributed by atoms with Crippen LogP contribution in [0, 0.1) is 5.41 Å². The van der Waals surface area contributed by atoms with Crippen molar-refractivity contribution in [1.29, 1.82) is 0 Å². The highest BCUT2D eigenvalue weighted by atomic mass is 35.5. The number of hydrogen-bond acceptors (Lipinski definition) is 3. The molecule has 1 atom stereocenters. The summed E-state index contributed by atoms with van der Waals surface area (Å²) in [6.07, 6.45) is 5.22. The maximum Gasteiger partial charge on any atom is 0.227 e. The van der Waals surface area contributed by atoms with Gasteiger partial charge in [0.25, 0.3) is 0 Å². The number of pyridine rings is 1. The summed E-state index contributed by atoms with van der Waals surface area (Å²) in [5.74, 6) is 0.118. The van der Waals surface area contributed by atoms with E-state index < -0.39 is 5.41 Å². The molecule has 0 radical (unpaired) electrons. The number of hydrogen-bond donors (Lipinski definition) is 1. The summed E-state index contributed by atoms with van der Waals surface area (Å²) in [4.78, 5) is 19.5. The van der Waals surface area contributed by atoms with Crippen LogP contribution in [0.1, 0.15) is 17.5 Å². The Hall–Kier alpha value is -2.69. The summed E-state index contributed by atoms with van der Waals surface area (Å²) in [5.41, 5.74) is 4.17. The first-order chi connectivity index (χ1) is 14.6. The molecular formula is C25H26ClN3O. The molecule has 2 heterocycles. The van der Waals surface area contributed by atoms with E-state index in [1.165, 1.54) is 11.1 Å². The Morgan fingerprint density at radius 3 is 2.63 bits per heavy atom. The Bertz CT molecular complexity index is 1010. The lowest BCUT2D eigenvalue weighted by Gasteiger charge is -2.28. The van der Waals surface area contributed by atoms with Gasteiger partial charge in [0.2, 0.25) is 5.91 Å². The van der Waals surface area contributed by atoms with Crippen molar-refractivity contribution >= 4 is 17.5 Å². The lowest BCUT2D eigenvalue weighted by Crippen LogP contribution is -2.43. The lowest BCUT2D eigenvalue weighted by molar-refractivity contribution is -0.130. The third kappa shape index (κ3) is 4.55. The van der Waals surface area contributed by atoms with Crippen molar-refractivity contribution in [3.63, 3.8) is 0 Å². The topological polar surface area (TPSA) is 45.2 Å². The molecule has 0 saturated carbocycles. The summed E-state index contributed by atoms with van der Waals surface area (Å²) in [6.45, 7) is 2.44. The van der Waals surface area contributed by atoms with Crippen molar-refractivity contribution < 1.29 is 4.79 Å². The molecule has 5 heteroatoms. The molecule has 1 amide bonds. The fourth-order valence-electron chi connectivity index (χ4n) is 4.40. The minimum absolute atomic E-state index is 0.118. The van der Waals surface area contributed by atoms with Crippen molar-refractivity contribution in [1.82, 2.24) is 15.2 Å². The van der Waals surface area contributed by atoms with Crippen LogP contribution in [0.25, 0.3) is 11.1 Å². The number of nitrogens with one attached hydrogen (secondary N) is 1. The number of halogens is 1. The summed E-state index contributed by atoms with van der Waals surface area (Å²) in [7, 11) is 1.73. The van der Waals surface area contributed by atoms with Gasteiger partial charge in [-0.3, -0.25) is 14.7 Å². The van der Waals surface area contributed by atoms with Crippen molar-refractivity contribution in [3.05, 3.63) is 89.2 Å². The number of aromatic nitrogens is 1. The monoisotopic (exact) mass is 419 g/mol. The second kappa shape index (κ2) is 8.99. The molecule has 1 aliphatic rings. The van der Waals surface area contributed by atoms with E-state index in [-0.39, 0.29) is 5.91 Å². The van der Waals surface area contributed by atoms with Crippen LogP contribution in [0.2, 0.25) is 5.02 Å². The van der Waals surface area contributed by atoms with Gasteiger partial charge >= 0.3 is 0 Å². The van der Waals surface area contributed by atoms with E-state index >= 15 is 0 Å². The molecule has 1 aliphatic heterocycles. The average Bonchev–Trinajstić information content (AvgIpc) is 3.18. The average molecular weight is 420 g/mol. The van der Waals surface area contributed by atoms with Gasteiger partial charge in [0, 0.05) is 37.6 Å². The van der Waals surface area contributed by atoms with Gasteiger partial charge in [0.1, 0.15) is 0 Å². The van der Waals surface area contributed by atoms with Gasteiger partial charge in [-0.25, -0.2) is 0 Å². The fourth-order valence-corrected chi connectivity index (χ4v) is 4.61. The van der Waals surface area contributed by atoms with Crippen molar-refractivity contribution in [2.24, 2.45) is 5.41 Å². The first-order valence-corrected chi connectivity index (χ1v) is 10.6. The maximum absolute atomic E-state index is 12.9. The number of rotatable bonds is 6. The van der Waals surface area contributed by atoms with E-state index in [4.69, 9.17) is 11.6 Å². The summed E-state index contributed by atoms with van der Waals surface area (Å²) < 4.78 is 0. The zero-order valence-electron chi connectivity index (χ0n) is 17.1. The Morgan fingerprint density at radius 1 is 1.10 bits per heavy atom. The van der Waals surface area contributed by atoms with Crippen LogP contribution in [0.4, 0.5) is 0 Å². The molecule has 154 valence electrons. The molecule has 1 saturated heterocycles. The Morgan fingerprint density at radius 2 is 1.93 bits per heavy atom. The van der Waals surface area contributed by atoms with Gasteiger partial charge in [0.05, 0.1) is 5.41 Å². The Balaban J connectivity index is 1.50.